The second-order valence-electron chi connectivity index (χ2n) is 4.06. The fourth-order valence-corrected chi connectivity index (χ4v) is 3.77. The van der Waals surface area contributed by atoms with Crippen molar-refractivity contribution in [2.75, 3.05) is 11.5 Å². The highest BCUT2D eigenvalue weighted by Crippen LogP contribution is 2.27. The molecule has 1 fully saturated rings. The highest BCUT2D eigenvalue weighted by Gasteiger charge is 2.30. The fraction of sp³-hybridized carbons (Fsp3) is 0.444. The van der Waals surface area contributed by atoms with E-state index in [0.29, 0.717) is 17.5 Å². The van der Waals surface area contributed by atoms with Gasteiger partial charge in [-0.15, -0.1) is 0 Å². The topological polar surface area (TPSA) is 101 Å². The monoisotopic (exact) mass is 253 g/mol. The van der Waals surface area contributed by atoms with Crippen LogP contribution in [-0.2, 0) is 9.84 Å². The maximum absolute atomic E-state index is 11.4. The highest BCUT2D eigenvalue weighted by atomic mass is 32.2. The lowest BCUT2D eigenvalue weighted by Crippen LogP contribution is -2.12. The molecule has 3 rings (SSSR count). The van der Waals surface area contributed by atoms with Crippen LogP contribution in [0.1, 0.15) is 12.5 Å². The summed E-state index contributed by atoms with van der Waals surface area (Å²) in [6.45, 7) is 0. The van der Waals surface area contributed by atoms with Gasteiger partial charge in [0.25, 0.3) is 0 Å². The van der Waals surface area contributed by atoms with Crippen molar-refractivity contribution in [1.29, 1.82) is 0 Å². The SMILES string of the molecule is O=S1(=O)CCC(n2ncc3c([O-])ncnc32)C1. The van der Waals surface area contributed by atoms with Gasteiger partial charge in [-0.25, -0.2) is 18.1 Å². The molecule has 90 valence electrons. The zero-order chi connectivity index (χ0) is 12.0. The van der Waals surface area contributed by atoms with E-state index in [1.54, 1.807) is 0 Å². The van der Waals surface area contributed by atoms with Gasteiger partial charge in [0.1, 0.15) is 6.33 Å². The van der Waals surface area contributed by atoms with Gasteiger partial charge in [-0.1, -0.05) is 0 Å². The van der Waals surface area contributed by atoms with Crippen LogP contribution in [0.2, 0.25) is 0 Å². The maximum Gasteiger partial charge on any atom is 0.160 e. The molecule has 1 aliphatic rings. The number of rotatable bonds is 1. The van der Waals surface area contributed by atoms with E-state index < -0.39 is 9.84 Å². The number of hydrogen-bond acceptors (Lipinski definition) is 6. The smallest absolute Gasteiger partial charge is 0.160 e. The first-order valence-corrected chi connectivity index (χ1v) is 6.94. The van der Waals surface area contributed by atoms with E-state index in [9.17, 15) is 13.5 Å². The molecule has 3 heterocycles. The molecule has 0 bridgehead atoms. The molecule has 7 nitrogen and oxygen atoms in total. The normalized spacial score (nSPS) is 23.2. The van der Waals surface area contributed by atoms with Gasteiger partial charge in [0.05, 0.1) is 23.7 Å². The summed E-state index contributed by atoms with van der Waals surface area (Å²) in [6, 6.07) is -0.230. The fourth-order valence-electron chi connectivity index (χ4n) is 2.08. The van der Waals surface area contributed by atoms with Crippen LogP contribution in [0, 0.1) is 0 Å². The predicted octanol–water partition coefficient (Wildman–Crippen LogP) is -0.741. The summed E-state index contributed by atoms with van der Waals surface area (Å²) in [4.78, 5) is 7.53. The molecule has 0 aliphatic carbocycles. The molecule has 1 saturated heterocycles. The minimum absolute atomic E-state index is 0.0575. The molecule has 1 aliphatic heterocycles. The van der Waals surface area contributed by atoms with Crippen molar-refractivity contribution in [1.82, 2.24) is 19.7 Å². The molecular formula is C9H9N4O3S-. The molecule has 0 amide bonds. The van der Waals surface area contributed by atoms with Crippen LogP contribution >= 0.6 is 0 Å². The second kappa shape index (κ2) is 3.39. The van der Waals surface area contributed by atoms with Crippen LogP contribution in [0.25, 0.3) is 11.0 Å². The quantitative estimate of drug-likeness (QED) is 0.663. The van der Waals surface area contributed by atoms with Gasteiger partial charge in [0.2, 0.25) is 0 Å². The number of hydrogen-bond donors (Lipinski definition) is 0. The van der Waals surface area contributed by atoms with Gasteiger partial charge >= 0.3 is 0 Å². The standard InChI is InChI=1S/C9H10N4O3S/c14-9-7-3-12-13(8(7)10-5-11-9)6-1-2-17(15,16)4-6/h3,5-6H,1-2,4H2,(H,10,11,14)/p-1. The first-order chi connectivity index (χ1) is 8.07. The first kappa shape index (κ1) is 10.5. The molecule has 0 N–H and O–H groups in total. The van der Waals surface area contributed by atoms with Crippen molar-refractivity contribution < 1.29 is 13.5 Å². The summed E-state index contributed by atoms with van der Waals surface area (Å²) in [6.07, 6.45) is 3.08. The maximum atomic E-state index is 11.4. The molecule has 0 spiro atoms. The molecule has 8 heteroatoms. The Morgan fingerprint density at radius 2 is 2.24 bits per heavy atom. The van der Waals surface area contributed by atoms with Crippen LogP contribution in [0.3, 0.4) is 0 Å². The van der Waals surface area contributed by atoms with Crippen LogP contribution in [-0.4, -0.2) is 39.7 Å². The van der Waals surface area contributed by atoms with E-state index in [2.05, 4.69) is 15.1 Å². The van der Waals surface area contributed by atoms with Gasteiger partial charge in [-0.3, -0.25) is 4.98 Å². The first-order valence-electron chi connectivity index (χ1n) is 5.12. The number of fused-ring (bicyclic) bond motifs is 1. The van der Waals surface area contributed by atoms with Crippen molar-refractivity contribution in [3.05, 3.63) is 12.5 Å². The van der Waals surface area contributed by atoms with E-state index in [-0.39, 0.29) is 23.4 Å². The summed E-state index contributed by atoms with van der Waals surface area (Å²) in [7, 11) is -2.98. The summed E-state index contributed by atoms with van der Waals surface area (Å²) in [5.74, 6) is -0.168. The summed E-state index contributed by atoms with van der Waals surface area (Å²) in [5, 5.41) is 15.8. The average molecular weight is 253 g/mol. The molecule has 1 atom stereocenters. The zero-order valence-electron chi connectivity index (χ0n) is 8.78. The Balaban J connectivity index is 2.11. The molecule has 1 unspecified atom stereocenters. The van der Waals surface area contributed by atoms with E-state index in [1.807, 2.05) is 0 Å². The Morgan fingerprint density at radius 1 is 1.41 bits per heavy atom. The third kappa shape index (κ3) is 1.64. The van der Waals surface area contributed by atoms with Gasteiger partial charge < -0.3 is 5.11 Å². The molecule has 0 saturated carbocycles. The lowest BCUT2D eigenvalue weighted by Gasteiger charge is -2.10. The minimum atomic E-state index is -2.98. The van der Waals surface area contributed by atoms with Gasteiger partial charge in [-0.2, -0.15) is 5.10 Å². The van der Waals surface area contributed by atoms with Crippen molar-refractivity contribution in [2.45, 2.75) is 12.5 Å². The molecular weight excluding hydrogens is 244 g/mol. The highest BCUT2D eigenvalue weighted by molar-refractivity contribution is 7.91. The second-order valence-corrected chi connectivity index (χ2v) is 6.29. The average Bonchev–Trinajstić information content (AvgIpc) is 2.82. The summed E-state index contributed by atoms with van der Waals surface area (Å²) < 4.78 is 24.3. The Kier molecular flexibility index (Phi) is 2.09. The third-order valence-corrected chi connectivity index (χ3v) is 4.66. The molecule has 2 aromatic rings. The van der Waals surface area contributed by atoms with E-state index in [4.69, 9.17) is 0 Å². The van der Waals surface area contributed by atoms with Gasteiger partial charge in [0.15, 0.2) is 15.5 Å². The lowest BCUT2D eigenvalue weighted by molar-refractivity contribution is -0.272. The number of nitrogens with zero attached hydrogens (tertiary/aromatic N) is 4. The Morgan fingerprint density at radius 3 is 2.94 bits per heavy atom. The third-order valence-electron chi connectivity index (χ3n) is 2.91. The van der Waals surface area contributed by atoms with E-state index in [1.165, 1.54) is 17.2 Å². The Bertz CT molecular complexity index is 679. The Labute approximate surface area is 97.0 Å². The zero-order valence-corrected chi connectivity index (χ0v) is 9.59. The van der Waals surface area contributed by atoms with Gasteiger partial charge in [-0.05, 0) is 6.42 Å². The molecule has 17 heavy (non-hydrogen) atoms. The Hall–Kier alpha value is -1.70. The summed E-state index contributed by atoms with van der Waals surface area (Å²) in [5.41, 5.74) is 0.409. The van der Waals surface area contributed by atoms with Crippen LogP contribution in [0.5, 0.6) is 5.88 Å². The molecule has 0 aromatic carbocycles. The van der Waals surface area contributed by atoms with E-state index in [0.717, 1.165) is 0 Å². The molecule has 2 aromatic heterocycles. The van der Waals surface area contributed by atoms with Crippen molar-refractivity contribution in [3.8, 4) is 5.88 Å². The lowest BCUT2D eigenvalue weighted by atomic mass is 10.3. The van der Waals surface area contributed by atoms with E-state index >= 15 is 0 Å². The number of aromatic nitrogens is 4. The number of sulfone groups is 1. The van der Waals surface area contributed by atoms with Gasteiger partial charge in [0, 0.05) is 11.3 Å². The predicted molar refractivity (Wildman–Crippen MR) is 57.1 cm³/mol. The van der Waals surface area contributed by atoms with Crippen molar-refractivity contribution in [3.63, 3.8) is 0 Å². The minimum Gasteiger partial charge on any atom is -0.858 e. The largest absolute Gasteiger partial charge is 0.858 e. The summed E-state index contributed by atoms with van der Waals surface area (Å²) >= 11 is 0. The molecule has 0 radical (unpaired) electrons. The van der Waals surface area contributed by atoms with Crippen LogP contribution in [0.15, 0.2) is 12.5 Å². The van der Waals surface area contributed by atoms with Crippen LogP contribution in [0.4, 0.5) is 0 Å². The van der Waals surface area contributed by atoms with Crippen molar-refractivity contribution in [2.24, 2.45) is 0 Å². The van der Waals surface area contributed by atoms with Crippen LogP contribution < -0.4 is 5.11 Å². The van der Waals surface area contributed by atoms with Crippen molar-refractivity contribution >= 4 is 20.9 Å².